The summed E-state index contributed by atoms with van der Waals surface area (Å²) in [6, 6.07) is 10.0. The Bertz CT molecular complexity index is 490. The Labute approximate surface area is 121 Å². The van der Waals surface area contributed by atoms with Crippen molar-refractivity contribution in [3.8, 4) is 0 Å². The standard InChI is InChI=1S/C13H17N3OS2/c1-18-8-7-11(14)13-15-12(16-17-13)9-19-10-5-3-2-4-6-10/h2-6,11H,7-9,14H2,1H3. The number of thioether (sulfide) groups is 2. The van der Waals surface area contributed by atoms with Crippen LogP contribution in [0.2, 0.25) is 0 Å². The van der Waals surface area contributed by atoms with Gasteiger partial charge in [-0.3, -0.25) is 0 Å². The number of rotatable bonds is 7. The van der Waals surface area contributed by atoms with Gasteiger partial charge >= 0.3 is 0 Å². The topological polar surface area (TPSA) is 64.9 Å². The largest absolute Gasteiger partial charge is 0.338 e. The van der Waals surface area contributed by atoms with E-state index in [-0.39, 0.29) is 6.04 Å². The van der Waals surface area contributed by atoms with Gasteiger partial charge in [-0.15, -0.1) is 11.8 Å². The zero-order chi connectivity index (χ0) is 13.5. The van der Waals surface area contributed by atoms with Crippen LogP contribution in [-0.2, 0) is 5.75 Å². The van der Waals surface area contributed by atoms with E-state index in [0.29, 0.717) is 17.5 Å². The maximum atomic E-state index is 5.99. The lowest BCUT2D eigenvalue weighted by Gasteiger charge is -2.03. The molecule has 1 aromatic heterocycles. The second-order valence-corrected chi connectivity index (χ2v) is 6.07. The number of benzene rings is 1. The molecule has 1 unspecified atom stereocenters. The lowest BCUT2D eigenvalue weighted by Crippen LogP contribution is -2.11. The minimum atomic E-state index is -0.157. The van der Waals surface area contributed by atoms with Crippen molar-refractivity contribution in [3.63, 3.8) is 0 Å². The molecule has 2 N–H and O–H groups in total. The number of nitrogens with zero attached hydrogens (tertiary/aromatic N) is 2. The SMILES string of the molecule is CSCCC(N)c1nc(CSc2ccccc2)no1. The maximum absolute atomic E-state index is 5.99. The molecule has 102 valence electrons. The van der Waals surface area contributed by atoms with Crippen LogP contribution < -0.4 is 5.73 Å². The maximum Gasteiger partial charge on any atom is 0.243 e. The van der Waals surface area contributed by atoms with Crippen molar-refractivity contribution < 1.29 is 4.52 Å². The van der Waals surface area contributed by atoms with Gasteiger partial charge in [-0.1, -0.05) is 23.4 Å². The van der Waals surface area contributed by atoms with E-state index in [1.807, 2.05) is 18.2 Å². The summed E-state index contributed by atoms with van der Waals surface area (Å²) in [6.07, 6.45) is 2.91. The van der Waals surface area contributed by atoms with E-state index in [0.717, 1.165) is 12.2 Å². The molecular formula is C13H17N3OS2. The predicted molar refractivity (Wildman–Crippen MR) is 80.2 cm³/mol. The van der Waals surface area contributed by atoms with Crippen molar-refractivity contribution in [2.75, 3.05) is 12.0 Å². The fraction of sp³-hybridized carbons (Fsp3) is 0.385. The van der Waals surface area contributed by atoms with Crippen molar-refractivity contribution in [3.05, 3.63) is 42.0 Å². The first-order valence-corrected chi connectivity index (χ1v) is 8.42. The third kappa shape index (κ3) is 4.56. The molecule has 0 radical (unpaired) electrons. The molecule has 0 aliphatic carbocycles. The average Bonchev–Trinajstić information content (AvgIpc) is 2.92. The molecule has 1 heterocycles. The highest BCUT2D eigenvalue weighted by atomic mass is 32.2. The Balaban J connectivity index is 1.87. The van der Waals surface area contributed by atoms with Gasteiger partial charge in [0.1, 0.15) is 0 Å². The fourth-order valence-corrected chi connectivity index (χ4v) is 2.76. The molecule has 0 spiro atoms. The molecular weight excluding hydrogens is 278 g/mol. The van der Waals surface area contributed by atoms with Crippen molar-refractivity contribution in [1.29, 1.82) is 0 Å². The van der Waals surface area contributed by atoms with Crippen LogP contribution in [-0.4, -0.2) is 22.1 Å². The quantitative estimate of drug-likeness (QED) is 0.792. The summed E-state index contributed by atoms with van der Waals surface area (Å²) in [5.41, 5.74) is 5.99. The Hall–Kier alpha value is -0.980. The molecule has 4 nitrogen and oxygen atoms in total. The lowest BCUT2D eigenvalue weighted by atomic mass is 10.2. The van der Waals surface area contributed by atoms with Crippen LogP contribution in [0.1, 0.15) is 24.2 Å². The van der Waals surface area contributed by atoms with Crippen LogP contribution in [0.15, 0.2) is 39.8 Å². The van der Waals surface area contributed by atoms with Crippen LogP contribution in [0.25, 0.3) is 0 Å². The predicted octanol–water partition coefficient (Wildman–Crippen LogP) is 3.11. The van der Waals surface area contributed by atoms with Crippen LogP contribution in [0.4, 0.5) is 0 Å². The van der Waals surface area contributed by atoms with Gasteiger partial charge in [0.2, 0.25) is 5.89 Å². The summed E-state index contributed by atoms with van der Waals surface area (Å²) in [5.74, 6) is 2.93. The number of nitrogens with two attached hydrogens (primary N) is 1. The summed E-state index contributed by atoms with van der Waals surface area (Å²) < 4.78 is 5.20. The molecule has 19 heavy (non-hydrogen) atoms. The lowest BCUT2D eigenvalue weighted by molar-refractivity contribution is 0.350. The van der Waals surface area contributed by atoms with Crippen LogP contribution in [0.5, 0.6) is 0 Å². The van der Waals surface area contributed by atoms with E-state index in [2.05, 4.69) is 28.5 Å². The highest BCUT2D eigenvalue weighted by Gasteiger charge is 2.14. The Morgan fingerprint density at radius 2 is 2.11 bits per heavy atom. The van der Waals surface area contributed by atoms with E-state index in [1.54, 1.807) is 23.5 Å². The molecule has 0 saturated heterocycles. The molecule has 0 fully saturated rings. The average molecular weight is 295 g/mol. The van der Waals surface area contributed by atoms with Gasteiger partial charge in [-0.25, -0.2) is 0 Å². The third-order valence-electron chi connectivity index (χ3n) is 2.55. The molecule has 2 rings (SSSR count). The van der Waals surface area contributed by atoms with E-state index in [9.17, 15) is 0 Å². The first kappa shape index (κ1) is 14.4. The van der Waals surface area contributed by atoms with Crippen molar-refractivity contribution in [1.82, 2.24) is 10.1 Å². The van der Waals surface area contributed by atoms with Crippen molar-refractivity contribution in [2.24, 2.45) is 5.73 Å². The van der Waals surface area contributed by atoms with Gasteiger partial charge in [0.25, 0.3) is 0 Å². The third-order valence-corrected chi connectivity index (χ3v) is 4.20. The highest BCUT2D eigenvalue weighted by molar-refractivity contribution is 7.98. The van der Waals surface area contributed by atoms with Crippen LogP contribution in [0.3, 0.4) is 0 Å². The molecule has 0 aliphatic rings. The molecule has 1 aromatic carbocycles. The van der Waals surface area contributed by atoms with Gasteiger partial charge in [-0.05, 0) is 30.6 Å². The zero-order valence-corrected chi connectivity index (χ0v) is 12.4. The zero-order valence-electron chi connectivity index (χ0n) is 10.8. The Kier molecular flexibility index (Phi) is 5.75. The highest BCUT2D eigenvalue weighted by Crippen LogP contribution is 2.22. The summed E-state index contributed by atoms with van der Waals surface area (Å²) >= 11 is 3.45. The number of hydrogen-bond acceptors (Lipinski definition) is 6. The molecule has 0 saturated carbocycles. The summed E-state index contributed by atoms with van der Waals surface area (Å²) in [4.78, 5) is 5.54. The van der Waals surface area contributed by atoms with Gasteiger partial charge in [0.15, 0.2) is 5.82 Å². The van der Waals surface area contributed by atoms with Crippen molar-refractivity contribution >= 4 is 23.5 Å². The van der Waals surface area contributed by atoms with E-state index >= 15 is 0 Å². The first-order chi connectivity index (χ1) is 9.29. The van der Waals surface area contributed by atoms with Crippen LogP contribution >= 0.6 is 23.5 Å². The van der Waals surface area contributed by atoms with Crippen molar-refractivity contribution in [2.45, 2.75) is 23.1 Å². The second kappa shape index (κ2) is 7.57. The van der Waals surface area contributed by atoms with Gasteiger partial charge in [0, 0.05) is 4.90 Å². The Morgan fingerprint density at radius 3 is 2.84 bits per heavy atom. The Morgan fingerprint density at radius 1 is 1.32 bits per heavy atom. The fourth-order valence-electron chi connectivity index (χ4n) is 1.51. The van der Waals surface area contributed by atoms with E-state index in [4.69, 9.17) is 10.3 Å². The minimum Gasteiger partial charge on any atom is -0.338 e. The normalized spacial score (nSPS) is 12.5. The molecule has 6 heteroatoms. The molecule has 0 amide bonds. The number of aromatic nitrogens is 2. The number of hydrogen-bond donors (Lipinski definition) is 1. The summed E-state index contributed by atoms with van der Waals surface area (Å²) in [5, 5.41) is 3.97. The van der Waals surface area contributed by atoms with E-state index in [1.165, 1.54) is 4.90 Å². The molecule has 2 aromatic rings. The smallest absolute Gasteiger partial charge is 0.243 e. The van der Waals surface area contributed by atoms with E-state index < -0.39 is 0 Å². The van der Waals surface area contributed by atoms with Gasteiger partial charge in [0.05, 0.1) is 11.8 Å². The van der Waals surface area contributed by atoms with Crippen LogP contribution in [0, 0.1) is 0 Å². The van der Waals surface area contributed by atoms with Gasteiger partial charge in [-0.2, -0.15) is 16.7 Å². The molecule has 0 bridgehead atoms. The minimum absolute atomic E-state index is 0.157. The first-order valence-electron chi connectivity index (χ1n) is 6.04. The van der Waals surface area contributed by atoms with Gasteiger partial charge < -0.3 is 10.3 Å². The molecule has 0 aliphatic heterocycles. The summed E-state index contributed by atoms with van der Waals surface area (Å²) in [6.45, 7) is 0. The monoisotopic (exact) mass is 295 g/mol. The molecule has 1 atom stereocenters. The summed E-state index contributed by atoms with van der Waals surface area (Å²) in [7, 11) is 0. The second-order valence-electron chi connectivity index (χ2n) is 4.04.